The predicted octanol–water partition coefficient (Wildman–Crippen LogP) is 2.96. The second-order valence-electron chi connectivity index (χ2n) is 7.40. The van der Waals surface area contributed by atoms with Crippen molar-refractivity contribution in [1.82, 2.24) is 0 Å². The first-order valence-electron chi connectivity index (χ1n) is 7.39. The minimum Gasteiger partial charge on any atom is -0.380 e. The van der Waals surface area contributed by atoms with Crippen molar-refractivity contribution in [2.75, 3.05) is 13.2 Å². The average Bonchev–Trinajstić information content (AvgIpc) is 2.22. The molecule has 4 saturated carbocycles. The van der Waals surface area contributed by atoms with Gasteiger partial charge in [0, 0.05) is 12.6 Å². The third-order valence-electron chi connectivity index (χ3n) is 5.69. The summed E-state index contributed by atoms with van der Waals surface area (Å²) < 4.78 is 5.59. The maximum absolute atomic E-state index is 6.49. The maximum atomic E-state index is 6.49. The fourth-order valence-corrected chi connectivity index (χ4v) is 5.65. The number of rotatable bonds is 4. The van der Waals surface area contributed by atoms with Crippen LogP contribution in [0.2, 0.25) is 0 Å². The van der Waals surface area contributed by atoms with E-state index < -0.39 is 0 Å². The fraction of sp³-hybridized carbons (Fsp3) is 1.00. The van der Waals surface area contributed by atoms with Crippen LogP contribution in [0.4, 0.5) is 0 Å². The van der Waals surface area contributed by atoms with E-state index in [9.17, 15) is 0 Å². The topological polar surface area (TPSA) is 35.2 Å². The fourth-order valence-electron chi connectivity index (χ4n) is 5.65. The summed E-state index contributed by atoms with van der Waals surface area (Å²) in [5, 5.41) is 0. The zero-order valence-electron chi connectivity index (χ0n) is 11.4. The van der Waals surface area contributed by atoms with Crippen LogP contribution >= 0.6 is 0 Å². The molecule has 3 atom stereocenters. The van der Waals surface area contributed by atoms with Crippen LogP contribution < -0.4 is 5.73 Å². The van der Waals surface area contributed by atoms with E-state index in [2.05, 4.69) is 13.8 Å². The van der Waals surface area contributed by atoms with Gasteiger partial charge in [-0.2, -0.15) is 0 Å². The van der Waals surface area contributed by atoms with Gasteiger partial charge >= 0.3 is 0 Å². The third kappa shape index (κ3) is 1.94. The number of nitrogens with two attached hydrogens (primary N) is 1. The van der Waals surface area contributed by atoms with Gasteiger partial charge in [-0.15, -0.1) is 0 Å². The second-order valence-corrected chi connectivity index (χ2v) is 7.40. The van der Waals surface area contributed by atoms with Gasteiger partial charge in [0.25, 0.3) is 0 Å². The van der Waals surface area contributed by atoms with Gasteiger partial charge in [-0.1, -0.05) is 6.92 Å². The van der Waals surface area contributed by atoms with Crippen molar-refractivity contribution in [3.8, 4) is 0 Å². The van der Waals surface area contributed by atoms with Gasteiger partial charge in [0.2, 0.25) is 0 Å². The van der Waals surface area contributed by atoms with Gasteiger partial charge in [-0.05, 0) is 68.1 Å². The van der Waals surface area contributed by atoms with Crippen molar-refractivity contribution in [2.24, 2.45) is 28.4 Å². The standard InChI is InChI=1S/C15H27NO/c1-3-17-9-13(16)15-7-11-4-12(8-15)6-14(2,5-11)10-15/h11-13H,3-10,16H2,1-2H3. The van der Waals surface area contributed by atoms with Gasteiger partial charge in [0.15, 0.2) is 0 Å². The van der Waals surface area contributed by atoms with E-state index in [4.69, 9.17) is 10.5 Å². The minimum atomic E-state index is 0.271. The molecule has 2 heteroatoms. The second kappa shape index (κ2) is 3.96. The molecule has 0 aliphatic heterocycles. The molecule has 4 aliphatic carbocycles. The molecule has 0 saturated heterocycles. The molecule has 0 radical (unpaired) electrons. The molecule has 0 spiro atoms. The molecule has 4 aliphatic rings. The molecular formula is C15H27NO. The molecular weight excluding hydrogens is 210 g/mol. The molecule has 98 valence electrons. The Kier molecular flexibility index (Phi) is 2.79. The lowest BCUT2D eigenvalue weighted by atomic mass is 9.43. The van der Waals surface area contributed by atoms with E-state index in [0.717, 1.165) is 25.0 Å². The van der Waals surface area contributed by atoms with Crippen LogP contribution in [0.1, 0.15) is 52.4 Å². The SMILES string of the molecule is CCOCC(N)C12CC3CC(CC(C)(C3)C1)C2. The van der Waals surface area contributed by atoms with Crippen molar-refractivity contribution in [1.29, 1.82) is 0 Å². The Morgan fingerprint density at radius 3 is 2.41 bits per heavy atom. The highest BCUT2D eigenvalue weighted by molar-refractivity contribution is 5.09. The van der Waals surface area contributed by atoms with E-state index in [1.807, 2.05) is 0 Å². The Hall–Kier alpha value is -0.0800. The van der Waals surface area contributed by atoms with Crippen LogP contribution in [0.15, 0.2) is 0 Å². The molecule has 2 nitrogen and oxygen atoms in total. The predicted molar refractivity (Wildman–Crippen MR) is 69.7 cm³/mol. The van der Waals surface area contributed by atoms with Crippen LogP contribution in [-0.4, -0.2) is 19.3 Å². The van der Waals surface area contributed by atoms with Gasteiger partial charge in [0.1, 0.15) is 0 Å². The van der Waals surface area contributed by atoms with E-state index in [1.165, 1.54) is 38.5 Å². The Morgan fingerprint density at radius 1 is 1.24 bits per heavy atom. The van der Waals surface area contributed by atoms with Gasteiger partial charge in [-0.25, -0.2) is 0 Å². The molecule has 0 aromatic heterocycles. The summed E-state index contributed by atoms with van der Waals surface area (Å²) in [6, 6.07) is 0.271. The number of ether oxygens (including phenoxy) is 1. The smallest absolute Gasteiger partial charge is 0.0622 e. The molecule has 4 fully saturated rings. The molecule has 0 amide bonds. The first kappa shape index (κ1) is 12.0. The van der Waals surface area contributed by atoms with Crippen LogP contribution in [0.5, 0.6) is 0 Å². The molecule has 17 heavy (non-hydrogen) atoms. The number of hydrogen-bond donors (Lipinski definition) is 1. The van der Waals surface area contributed by atoms with Crippen LogP contribution in [-0.2, 0) is 4.74 Å². The highest BCUT2D eigenvalue weighted by atomic mass is 16.5. The summed E-state index contributed by atoms with van der Waals surface area (Å²) in [4.78, 5) is 0. The van der Waals surface area contributed by atoms with E-state index in [1.54, 1.807) is 0 Å². The molecule has 4 bridgehead atoms. The normalized spacial score (nSPS) is 49.6. The van der Waals surface area contributed by atoms with Crippen molar-refractivity contribution in [3.63, 3.8) is 0 Å². The lowest BCUT2D eigenvalue weighted by Gasteiger charge is -2.63. The van der Waals surface area contributed by atoms with E-state index in [-0.39, 0.29) is 6.04 Å². The minimum absolute atomic E-state index is 0.271. The zero-order valence-corrected chi connectivity index (χ0v) is 11.4. The van der Waals surface area contributed by atoms with Crippen LogP contribution in [0.3, 0.4) is 0 Å². The monoisotopic (exact) mass is 237 g/mol. The van der Waals surface area contributed by atoms with Crippen LogP contribution in [0.25, 0.3) is 0 Å². The first-order chi connectivity index (χ1) is 8.05. The van der Waals surface area contributed by atoms with E-state index >= 15 is 0 Å². The summed E-state index contributed by atoms with van der Waals surface area (Å²) in [6.07, 6.45) is 8.54. The summed E-state index contributed by atoms with van der Waals surface area (Å²) >= 11 is 0. The first-order valence-corrected chi connectivity index (χ1v) is 7.39. The molecule has 3 unspecified atom stereocenters. The number of hydrogen-bond acceptors (Lipinski definition) is 2. The van der Waals surface area contributed by atoms with Crippen molar-refractivity contribution in [3.05, 3.63) is 0 Å². The maximum Gasteiger partial charge on any atom is 0.0622 e. The highest BCUT2D eigenvalue weighted by Gasteiger charge is 2.57. The highest BCUT2D eigenvalue weighted by Crippen LogP contribution is 2.65. The summed E-state index contributed by atoms with van der Waals surface area (Å²) in [6.45, 7) is 6.14. The largest absolute Gasteiger partial charge is 0.380 e. The van der Waals surface area contributed by atoms with Crippen LogP contribution in [0, 0.1) is 22.7 Å². The average molecular weight is 237 g/mol. The Balaban J connectivity index is 1.78. The third-order valence-corrected chi connectivity index (χ3v) is 5.69. The molecule has 0 heterocycles. The van der Waals surface area contributed by atoms with Crippen molar-refractivity contribution >= 4 is 0 Å². The Morgan fingerprint density at radius 2 is 1.88 bits per heavy atom. The lowest BCUT2D eigenvalue weighted by Crippen LogP contribution is -2.58. The van der Waals surface area contributed by atoms with Crippen molar-refractivity contribution in [2.45, 2.75) is 58.4 Å². The molecule has 4 rings (SSSR count). The van der Waals surface area contributed by atoms with Gasteiger partial charge in [-0.3, -0.25) is 0 Å². The Labute approximate surface area is 105 Å². The molecule has 2 N–H and O–H groups in total. The summed E-state index contributed by atoms with van der Waals surface area (Å²) in [7, 11) is 0. The summed E-state index contributed by atoms with van der Waals surface area (Å²) in [5.41, 5.74) is 7.52. The summed E-state index contributed by atoms with van der Waals surface area (Å²) in [5.74, 6) is 1.93. The quantitative estimate of drug-likeness (QED) is 0.816. The lowest BCUT2D eigenvalue weighted by molar-refractivity contribution is -0.121. The molecule has 0 aromatic carbocycles. The van der Waals surface area contributed by atoms with Gasteiger partial charge < -0.3 is 10.5 Å². The Bertz CT molecular complexity index is 287. The van der Waals surface area contributed by atoms with E-state index in [0.29, 0.717) is 10.8 Å². The molecule has 0 aromatic rings. The van der Waals surface area contributed by atoms with Crippen molar-refractivity contribution < 1.29 is 4.74 Å². The zero-order chi connectivity index (χ0) is 12.1. The van der Waals surface area contributed by atoms with Gasteiger partial charge in [0.05, 0.1) is 6.61 Å².